The molecule has 1 fully saturated rings. The van der Waals surface area contributed by atoms with Crippen LogP contribution in [0.5, 0.6) is 11.5 Å². The molecule has 2 heterocycles. The fraction of sp³-hybridized carbons (Fsp3) is 0.318. The molecule has 33 heavy (non-hydrogen) atoms. The minimum Gasteiger partial charge on any atom is -0.490 e. The van der Waals surface area contributed by atoms with Gasteiger partial charge in [0.2, 0.25) is 5.91 Å². The molecule has 4 rings (SSSR count). The Hall–Kier alpha value is -3.60. The van der Waals surface area contributed by atoms with Crippen molar-refractivity contribution in [3.63, 3.8) is 0 Å². The summed E-state index contributed by atoms with van der Waals surface area (Å²) in [6, 6.07) is 10.0. The summed E-state index contributed by atoms with van der Waals surface area (Å²) in [5.41, 5.74) is -0.660. The maximum atomic E-state index is 13.2. The Kier molecular flexibility index (Phi) is 5.75. The largest absolute Gasteiger partial charge is 0.490 e. The van der Waals surface area contributed by atoms with Crippen LogP contribution in [0.1, 0.15) is 18.9 Å². The molecule has 10 nitrogen and oxygen atoms in total. The molecule has 0 spiro atoms. The van der Waals surface area contributed by atoms with Crippen molar-refractivity contribution in [1.82, 2.24) is 10.2 Å². The monoisotopic (exact) mass is 473 g/mol. The Morgan fingerprint density at radius 1 is 1.12 bits per heavy atom. The van der Waals surface area contributed by atoms with Crippen LogP contribution in [-0.2, 0) is 25.0 Å². The van der Waals surface area contributed by atoms with Crippen molar-refractivity contribution in [1.29, 1.82) is 0 Å². The van der Waals surface area contributed by atoms with Crippen molar-refractivity contribution in [2.75, 3.05) is 31.3 Å². The van der Waals surface area contributed by atoms with Crippen molar-refractivity contribution in [3.8, 4) is 11.5 Å². The van der Waals surface area contributed by atoms with Gasteiger partial charge in [-0.25, -0.2) is 13.2 Å². The van der Waals surface area contributed by atoms with E-state index in [0.717, 1.165) is 17.6 Å². The maximum absolute atomic E-state index is 13.2. The zero-order valence-corrected chi connectivity index (χ0v) is 18.9. The molecule has 2 aromatic carbocycles. The number of anilines is 1. The van der Waals surface area contributed by atoms with Gasteiger partial charge < -0.3 is 20.1 Å². The quantitative estimate of drug-likeness (QED) is 0.632. The van der Waals surface area contributed by atoms with Crippen LogP contribution in [0.25, 0.3) is 0 Å². The minimum atomic E-state index is -3.46. The lowest BCUT2D eigenvalue weighted by atomic mass is 9.91. The van der Waals surface area contributed by atoms with Gasteiger partial charge in [-0.3, -0.25) is 14.5 Å². The number of ether oxygens (including phenoxy) is 2. The maximum Gasteiger partial charge on any atom is 0.325 e. The van der Waals surface area contributed by atoms with Crippen LogP contribution in [0, 0.1) is 0 Å². The van der Waals surface area contributed by atoms with Gasteiger partial charge in [0.25, 0.3) is 5.91 Å². The average molecular weight is 474 g/mol. The number of carbonyl (C=O) groups excluding carboxylic acids is 3. The molecule has 4 amide bonds. The van der Waals surface area contributed by atoms with E-state index in [1.165, 1.54) is 24.3 Å². The van der Waals surface area contributed by atoms with Crippen LogP contribution in [0.15, 0.2) is 47.4 Å². The highest BCUT2D eigenvalue weighted by molar-refractivity contribution is 7.90. The van der Waals surface area contributed by atoms with E-state index < -0.39 is 39.8 Å². The summed E-state index contributed by atoms with van der Waals surface area (Å²) in [5.74, 6) is -0.200. The molecule has 2 aliphatic rings. The van der Waals surface area contributed by atoms with Crippen LogP contribution in [0.4, 0.5) is 10.5 Å². The third-order valence-corrected chi connectivity index (χ3v) is 6.56. The van der Waals surface area contributed by atoms with E-state index in [1.807, 2.05) is 0 Å². The number of urea groups is 1. The third kappa shape index (κ3) is 4.49. The van der Waals surface area contributed by atoms with E-state index in [4.69, 9.17) is 9.47 Å². The summed E-state index contributed by atoms with van der Waals surface area (Å²) in [7, 11) is -3.46. The van der Waals surface area contributed by atoms with Crippen LogP contribution >= 0.6 is 0 Å². The number of nitrogens with zero attached hydrogens (tertiary/aromatic N) is 1. The second-order valence-corrected chi connectivity index (χ2v) is 10.0. The first kappa shape index (κ1) is 22.6. The molecule has 0 saturated carbocycles. The van der Waals surface area contributed by atoms with Gasteiger partial charge >= 0.3 is 6.03 Å². The average Bonchev–Trinajstić information content (AvgIpc) is 2.92. The van der Waals surface area contributed by atoms with Crippen molar-refractivity contribution in [3.05, 3.63) is 48.0 Å². The molecule has 11 heteroatoms. The highest BCUT2D eigenvalue weighted by atomic mass is 32.2. The number of fused-ring (bicyclic) bond motifs is 1. The van der Waals surface area contributed by atoms with E-state index in [-0.39, 0.29) is 10.6 Å². The number of sulfone groups is 1. The SMILES string of the molecule is CC1(c2ccc3c(c2)OCCCO3)NC(=O)N(CC(=O)Nc2cccc(S(C)(=O)=O)c2)C1=O. The highest BCUT2D eigenvalue weighted by Gasteiger charge is 2.49. The molecule has 0 radical (unpaired) electrons. The topological polar surface area (TPSA) is 131 Å². The predicted octanol–water partition coefficient (Wildman–Crippen LogP) is 1.66. The minimum absolute atomic E-state index is 0.0391. The molecule has 2 aliphatic heterocycles. The summed E-state index contributed by atoms with van der Waals surface area (Å²) in [6.45, 7) is 2.02. The number of nitrogens with one attached hydrogen (secondary N) is 2. The lowest BCUT2D eigenvalue weighted by molar-refractivity contribution is -0.133. The van der Waals surface area contributed by atoms with E-state index in [9.17, 15) is 22.8 Å². The second-order valence-electron chi connectivity index (χ2n) is 8.01. The summed E-state index contributed by atoms with van der Waals surface area (Å²) in [4.78, 5) is 39.1. The highest BCUT2D eigenvalue weighted by Crippen LogP contribution is 2.36. The normalized spacial score (nSPS) is 20.2. The molecule has 0 aliphatic carbocycles. The summed E-state index contributed by atoms with van der Waals surface area (Å²) in [5, 5.41) is 5.17. The van der Waals surface area contributed by atoms with Gasteiger partial charge in [0.1, 0.15) is 12.1 Å². The Balaban J connectivity index is 1.50. The zero-order valence-electron chi connectivity index (χ0n) is 18.1. The van der Waals surface area contributed by atoms with Crippen LogP contribution in [0.2, 0.25) is 0 Å². The molecule has 0 aromatic heterocycles. The number of benzene rings is 2. The number of carbonyl (C=O) groups is 3. The lowest BCUT2D eigenvalue weighted by Gasteiger charge is -2.23. The molecule has 1 unspecified atom stereocenters. The molecular formula is C22H23N3O7S. The fourth-order valence-corrected chi connectivity index (χ4v) is 4.33. The Labute approximate surface area is 190 Å². The standard InChI is InChI=1S/C22H23N3O7S/c1-22(14-7-8-17-18(11-14)32-10-4-9-31-17)20(27)25(21(28)24-22)13-19(26)23-15-5-3-6-16(12-15)33(2,29)30/h3,5-8,11-12H,4,9-10,13H2,1-2H3,(H,23,26)(H,24,28). The summed E-state index contributed by atoms with van der Waals surface area (Å²) in [6.07, 6.45) is 1.79. The van der Waals surface area contributed by atoms with Gasteiger partial charge in [-0.1, -0.05) is 12.1 Å². The second kappa shape index (κ2) is 8.39. The number of hydrogen-bond acceptors (Lipinski definition) is 7. The summed E-state index contributed by atoms with van der Waals surface area (Å²) >= 11 is 0. The molecule has 1 atom stereocenters. The first-order chi connectivity index (χ1) is 15.6. The van der Waals surface area contributed by atoms with Crippen LogP contribution < -0.4 is 20.1 Å². The molecule has 2 aromatic rings. The molecule has 174 valence electrons. The van der Waals surface area contributed by atoms with Crippen molar-refractivity contribution < 1.29 is 32.3 Å². The van der Waals surface area contributed by atoms with Gasteiger partial charge in [-0.2, -0.15) is 0 Å². The molecule has 1 saturated heterocycles. The van der Waals surface area contributed by atoms with Gasteiger partial charge in [-0.05, 0) is 42.8 Å². The van der Waals surface area contributed by atoms with Gasteiger partial charge in [0.05, 0.1) is 18.1 Å². The van der Waals surface area contributed by atoms with E-state index >= 15 is 0 Å². The lowest BCUT2D eigenvalue weighted by Crippen LogP contribution is -2.42. The fourth-order valence-electron chi connectivity index (χ4n) is 3.66. The van der Waals surface area contributed by atoms with Gasteiger partial charge in [0, 0.05) is 18.4 Å². The predicted molar refractivity (Wildman–Crippen MR) is 118 cm³/mol. The molecule has 0 bridgehead atoms. The van der Waals surface area contributed by atoms with Gasteiger partial charge in [-0.15, -0.1) is 0 Å². The third-order valence-electron chi connectivity index (χ3n) is 5.45. The molecule has 2 N–H and O–H groups in total. The summed E-state index contributed by atoms with van der Waals surface area (Å²) < 4.78 is 34.7. The van der Waals surface area contributed by atoms with Crippen molar-refractivity contribution >= 4 is 33.4 Å². The smallest absolute Gasteiger partial charge is 0.325 e. The Bertz CT molecular complexity index is 1240. The van der Waals surface area contributed by atoms with Gasteiger partial charge in [0.15, 0.2) is 21.3 Å². The number of imide groups is 1. The molecular weight excluding hydrogens is 450 g/mol. The number of amides is 4. The number of rotatable bonds is 5. The van der Waals surface area contributed by atoms with E-state index in [0.29, 0.717) is 30.3 Å². The van der Waals surface area contributed by atoms with Crippen molar-refractivity contribution in [2.45, 2.75) is 23.8 Å². The Morgan fingerprint density at radius 3 is 2.58 bits per heavy atom. The van der Waals surface area contributed by atoms with Crippen molar-refractivity contribution in [2.24, 2.45) is 0 Å². The van der Waals surface area contributed by atoms with E-state index in [2.05, 4.69) is 10.6 Å². The van der Waals surface area contributed by atoms with Crippen LogP contribution in [-0.4, -0.2) is 57.2 Å². The number of hydrogen-bond donors (Lipinski definition) is 2. The van der Waals surface area contributed by atoms with E-state index in [1.54, 1.807) is 25.1 Å². The Morgan fingerprint density at radius 2 is 1.85 bits per heavy atom. The first-order valence-corrected chi connectivity index (χ1v) is 12.1. The first-order valence-electron chi connectivity index (χ1n) is 10.2. The zero-order chi connectivity index (χ0) is 23.8. The van der Waals surface area contributed by atoms with Crippen LogP contribution in [0.3, 0.4) is 0 Å².